The molecule has 0 unspecified atom stereocenters. The maximum atomic E-state index is 12.1. The van der Waals surface area contributed by atoms with E-state index in [0.29, 0.717) is 12.3 Å². The molecule has 0 bridgehead atoms. The van der Waals surface area contributed by atoms with Gasteiger partial charge in [0.2, 0.25) is 0 Å². The van der Waals surface area contributed by atoms with Crippen LogP contribution < -0.4 is 0 Å². The molecule has 0 amide bonds. The molecule has 0 aromatic carbocycles. The largest absolute Gasteiger partial charge is 0.417 e. The monoisotopic (exact) mass is 222 g/mol. The number of pyridine rings is 1. The second-order valence-electron chi connectivity index (χ2n) is 2.22. The van der Waals surface area contributed by atoms with Crippen molar-refractivity contribution in [2.45, 2.75) is 6.18 Å². The number of halogens is 4. The van der Waals surface area contributed by atoms with Gasteiger partial charge in [0.05, 0.1) is 10.6 Å². The molecule has 0 aliphatic rings. The minimum atomic E-state index is -4.51. The number of alkyl halides is 3. The third kappa shape index (κ3) is 2.27. The van der Waals surface area contributed by atoms with E-state index in [0.717, 1.165) is 0 Å². The van der Waals surface area contributed by atoms with Gasteiger partial charge in [-0.05, 0) is 16.7 Å². The number of hydrogen-bond donors (Lipinski definition) is 0. The number of rotatable bonds is 1. The molecule has 0 atom stereocenters. The molecule has 1 aromatic heterocycles. The lowest BCUT2D eigenvalue weighted by atomic mass is 10.3. The lowest BCUT2D eigenvalue weighted by molar-refractivity contribution is -0.137. The van der Waals surface area contributed by atoms with Crippen LogP contribution in [0.5, 0.6) is 0 Å². The highest BCUT2D eigenvalue weighted by Gasteiger charge is 2.31. The summed E-state index contributed by atoms with van der Waals surface area (Å²) in [5, 5.41) is 2.66. The van der Waals surface area contributed by atoms with Crippen LogP contribution in [0.1, 0.15) is 5.56 Å². The molecular weight excluding hydrogens is 221 g/mol. The third-order valence-corrected chi connectivity index (χ3v) is 1.57. The second kappa shape index (κ2) is 3.73. The first-order valence-corrected chi connectivity index (χ1v) is 3.61. The first kappa shape index (κ1) is 10.6. The first-order chi connectivity index (χ1) is 6.45. The lowest BCUT2D eigenvalue weighted by Gasteiger charge is -2.06. The van der Waals surface area contributed by atoms with Crippen LogP contribution in [0.2, 0.25) is 5.02 Å². The summed E-state index contributed by atoms with van der Waals surface area (Å²) in [4.78, 5) is 5.62. The van der Waals surface area contributed by atoms with Crippen molar-refractivity contribution in [3.8, 4) is 0 Å². The zero-order chi connectivity index (χ0) is 10.8. The van der Waals surface area contributed by atoms with Crippen molar-refractivity contribution in [2.75, 3.05) is 0 Å². The van der Waals surface area contributed by atoms with Crippen molar-refractivity contribution in [1.29, 1.82) is 0 Å². The van der Waals surface area contributed by atoms with Crippen molar-refractivity contribution in [3.05, 3.63) is 33.3 Å². The average molecular weight is 223 g/mol. The summed E-state index contributed by atoms with van der Waals surface area (Å²) in [5.41, 5.74) is 7.02. The highest BCUT2D eigenvalue weighted by molar-refractivity contribution is 6.32. The van der Waals surface area contributed by atoms with Gasteiger partial charge in [-0.25, -0.2) is 0 Å². The minimum Gasteiger partial charge on any atom is -0.252 e. The molecule has 1 heterocycles. The Balaban J connectivity index is 3.19. The fourth-order valence-corrected chi connectivity index (χ4v) is 0.906. The van der Waals surface area contributed by atoms with E-state index in [1.807, 2.05) is 0 Å². The molecule has 4 nitrogen and oxygen atoms in total. The number of nitrogens with zero attached hydrogens (tertiary/aromatic N) is 4. The van der Waals surface area contributed by atoms with E-state index in [1.54, 1.807) is 0 Å². The molecule has 0 spiro atoms. The Morgan fingerprint density at radius 1 is 1.50 bits per heavy atom. The molecule has 1 rings (SSSR count). The van der Waals surface area contributed by atoms with Crippen LogP contribution >= 0.6 is 11.6 Å². The van der Waals surface area contributed by atoms with Crippen LogP contribution in [0.4, 0.5) is 19.0 Å². The lowest BCUT2D eigenvalue weighted by Crippen LogP contribution is -2.05. The Labute approximate surface area is 80.9 Å². The SMILES string of the molecule is [N-]=[N+]=Nc1ncc(C(F)(F)F)cc1Cl. The van der Waals surface area contributed by atoms with Gasteiger partial charge < -0.3 is 0 Å². The molecular formula is C6H2ClF3N4. The topological polar surface area (TPSA) is 61.7 Å². The fraction of sp³-hybridized carbons (Fsp3) is 0.167. The smallest absolute Gasteiger partial charge is 0.252 e. The molecule has 0 aliphatic heterocycles. The fourth-order valence-electron chi connectivity index (χ4n) is 0.702. The van der Waals surface area contributed by atoms with Crippen molar-refractivity contribution in [2.24, 2.45) is 5.11 Å². The Kier molecular flexibility index (Phi) is 2.83. The Hall–Kier alpha value is -1.46. The third-order valence-electron chi connectivity index (χ3n) is 1.29. The van der Waals surface area contributed by atoms with Crippen LogP contribution in [0.25, 0.3) is 10.4 Å². The number of aromatic nitrogens is 1. The minimum absolute atomic E-state index is 0.276. The van der Waals surface area contributed by atoms with Gasteiger partial charge in [0.1, 0.15) is 5.82 Å². The van der Waals surface area contributed by atoms with E-state index in [1.165, 1.54) is 0 Å². The standard InChI is InChI=1S/C6H2ClF3N4/c7-4-1-3(6(8,9)10)2-12-5(4)13-14-11/h1-2H. The molecule has 0 N–H and O–H groups in total. The highest BCUT2D eigenvalue weighted by Crippen LogP contribution is 2.33. The Morgan fingerprint density at radius 2 is 2.14 bits per heavy atom. The van der Waals surface area contributed by atoms with Crippen molar-refractivity contribution < 1.29 is 13.2 Å². The maximum Gasteiger partial charge on any atom is 0.417 e. The van der Waals surface area contributed by atoms with Gasteiger partial charge in [0.25, 0.3) is 0 Å². The summed E-state index contributed by atoms with van der Waals surface area (Å²) in [6.45, 7) is 0. The van der Waals surface area contributed by atoms with Gasteiger partial charge in [-0.3, -0.25) is 4.98 Å². The van der Waals surface area contributed by atoms with Gasteiger partial charge in [0, 0.05) is 11.1 Å². The van der Waals surface area contributed by atoms with Crippen LogP contribution in [-0.4, -0.2) is 4.98 Å². The predicted molar refractivity (Wildman–Crippen MR) is 43.1 cm³/mol. The highest BCUT2D eigenvalue weighted by atomic mass is 35.5. The molecule has 0 saturated heterocycles. The average Bonchev–Trinajstić information content (AvgIpc) is 2.07. The molecule has 14 heavy (non-hydrogen) atoms. The van der Waals surface area contributed by atoms with E-state index in [-0.39, 0.29) is 10.8 Å². The molecule has 74 valence electrons. The van der Waals surface area contributed by atoms with E-state index in [9.17, 15) is 13.2 Å². The van der Waals surface area contributed by atoms with E-state index < -0.39 is 11.7 Å². The van der Waals surface area contributed by atoms with E-state index in [2.05, 4.69) is 15.0 Å². The van der Waals surface area contributed by atoms with Gasteiger partial charge >= 0.3 is 6.18 Å². The maximum absolute atomic E-state index is 12.1. The molecule has 0 radical (unpaired) electrons. The van der Waals surface area contributed by atoms with Gasteiger partial charge in [-0.15, -0.1) is 0 Å². The van der Waals surface area contributed by atoms with E-state index >= 15 is 0 Å². The van der Waals surface area contributed by atoms with Crippen molar-refractivity contribution in [1.82, 2.24) is 4.98 Å². The van der Waals surface area contributed by atoms with Crippen LogP contribution in [0.3, 0.4) is 0 Å². The van der Waals surface area contributed by atoms with Crippen molar-refractivity contribution >= 4 is 17.4 Å². The quantitative estimate of drug-likeness (QED) is 0.406. The molecule has 0 aliphatic carbocycles. The zero-order valence-corrected chi connectivity index (χ0v) is 7.21. The summed E-state index contributed by atoms with van der Waals surface area (Å²) in [6, 6.07) is 0.651. The predicted octanol–water partition coefficient (Wildman–Crippen LogP) is 3.70. The van der Waals surface area contributed by atoms with Gasteiger partial charge in [-0.2, -0.15) is 13.2 Å². The van der Waals surface area contributed by atoms with Crippen molar-refractivity contribution in [3.63, 3.8) is 0 Å². The summed E-state index contributed by atoms with van der Waals surface area (Å²) in [5.74, 6) is -0.276. The number of hydrogen-bond acceptors (Lipinski definition) is 2. The second-order valence-corrected chi connectivity index (χ2v) is 2.62. The normalized spacial score (nSPS) is 10.9. The summed E-state index contributed by atoms with van der Waals surface area (Å²) < 4.78 is 36.3. The van der Waals surface area contributed by atoms with Crippen LogP contribution in [-0.2, 0) is 6.18 Å². The van der Waals surface area contributed by atoms with E-state index in [4.69, 9.17) is 17.1 Å². The molecule has 0 fully saturated rings. The number of azide groups is 1. The summed E-state index contributed by atoms with van der Waals surface area (Å²) >= 11 is 5.39. The molecule has 0 saturated carbocycles. The van der Waals surface area contributed by atoms with Gasteiger partial charge in [-0.1, -0.05) is 11.6 Å². The first-order valence-electron chi connectivity index (χ1n) is 3.23. The van der Waals surface area contributed by atoms with Gasteiger partial charge in [0.15, 0.2) is 0 Å². The van der Waals surface area contributed by atoms with Crippen LogP contribution in [0, 0.1) is 0 Å². The Morgan fingerprint density at radius 3 is 2.57 bits per heavy atom. The summed E-state index contributed by atoms with van der Waals surface area (Å²) in [6.07, 6.45) is -3.96. The molecule has 8 heteroatoms. The molecule has 1 aromatic rings. The van der Waals surface area contributed by atoms with Crippen LogP contribution in [0.15, 0.2) is 17.4 Å². The Bertz CT molecular complexity index is 397. The zero-order valence-electron chi connectivity index (χ0n) is 6.46. The summed E-state index contributed by atoms with van der Waals surface area (Å²) in [7, 11) is 0.